The van der Waals surface area contributed by atoms with Crippen LogP contribution < -0.4 is 30.8 Å². The summed E-state index contributed by atoms with van der Waals surface area (Å²) in [6.45, 7) is 3.49. The van der Waals surface area contributed by atoms with Crippen molar-refractivity contribution in [3.63, 3.8) is 0 Å². The van der Waals surface area contributed by atoms with Crippen molar-refractivity contribution in [2.24, 2.45) is 0 Å². The van der Waals surface area contributed by atoms with E-state index in [4.69, 9.17) is 14.2 Å². The quantitative estimate of drug-likeness (QED) is 0.283. The van der Waals surface area contributed by atoms with E-state index in [1.54, 1.807) is 63.6 Å². The van der Waals surface area contributed by atoms with Crippen molar-refractivity contribution in [3.05, 3.63) is 105 Å². The molecule has 0 fully saturated rings. The fourth-order valence-corrected chi connectivity index (χ4v) is 4.22. The van der Waals surface area contributed by atoms with E-state index in [1.807, 2.05) is 0 Å². The maximum Gasteiger partial charge on any atom is 0.335 e. The molecule has 5 rings (SSSR count). The highest BCUT2D eigenvalue weighted by Crippen LogP contribution is 2.32. The Balaban J connectivity index is 1.38. The molecule has 214 valence electrons. The number of ether oxygens (including phenoxy) is 3. The number of hydrogen-bond donors (Lipinski definition) is 1. The van der Waals surface area contributed by atoms with Crippen molar-refractivity contribution < 1.29 is 23.4 Å². The number of carbonyl (C=O) groups is 1. The molecule has 0 saturated carbocycles. The molecule has 0 spiro atoms. The zero-order valence-electron chi connectivity index (χ0n) is 23.1. The van der Waals surface area contributed by atoms with Crippen LogP contribution in [0.2, 0.25) is 0 Å². The Labute approximate surface area is 238 Å². The monoisotopic (exact) mass is 571 g/mol. The Morgan fingerprint density at radius 3 is 2.26 bits per heavy atom. The first-order valence-corrected chi connectivity index (χ1v) is 12.8. The fourth-order valence-electron chi connectivity index (χ4n) is 4.22. The smallest absolute Gasteiger partial charge is 0.335 e. The number of rotatable bonds is 8. The summed E-state index contributed by atoms with van der Waals surface area (Å²) >= 11 is 0. The summed E-state index contributed by atoms with van der Waals surface area (Å²) < 4.78 is 32.0. The molecule has 42 heavy (non-hydrogen) atoms. The molecule has 0 radical (unpaired) electrons. The summed E-state index contributed by atoms with van der Waals surface area (Å²) in [4.78, 5) is 48.1. The Kier molecular flexibility index (Phi) is 7.69. The summed E-state index contributed by atoms with van der Waals surface area (Å²) in [7, 11) is 3.08. The Morgan fingerprint density at radius 1 is 0.952 bits per heavy atom. The maximum atomic E-state index is 13.5. The summed E-state index contributed by atoms with van der Waals surface area (Å²) in [6, 6.07) is 14.5. The number of anilines is 1. The largest absolute Gasteiger partial charge is 0.493 e. The molecule has 1 amide bonds. The van der Waals surface area contributed by atoms with Crippen molar-refractivity contribution in [2.75, 3.05) is 19.5 Å². The van der Waals surface area contributed by atoms with Crippen LogP contribution in [0.25, 0.3) is 16.6 Å². The molecule has 1 N–H and O–H groups in total. The number of amides is 1. The van der Waals surface area contributed by atoms with Gasteiger partial charge in [-0.3, -0.25) is 14.2 Å². The van der Waals surface area contributed by atoms with Gasteiger partial charge in [-0.2, -0.15) is 4.98 Å². The maximum absolute atomic E-state index is 13.5. The van der Waals surface area contributed by atoms with Crippen LogP contribution in [0, 0.1) is 5.82 Å². The lowest BCUT2D eigenvalue weighted by atomic mass is 10.2. The molecule has 0 aliphatic heterocycles. The standard InChI is InChI=1S/C30H26FN5O6/c1-17(2)35-16-23(28(38)36(30(35)39)21-9-5-19(31)6-10-21)27(37)33-20-7-11-22(12-8-20)42-29-32-15-18-13-25(40-3)26(41-4)14-24(18)34-29/h5-17H,1-4H3,(H,33,37). The molecule has 0 atom stereocenters. The number of nitrogens with one attached hydrogen (secondary N) is 1. The van der Waals surface area contributed by atoms with Gasteiger partial charge in [0.2, 0.25) is 0 Å². The molecule has 2 aromatic heterocycles. The van der Waals surface area contributed by atoms with Crippen LogP contribution in [0.5, 0.6) is 23.3 Å². The molecule has 0 unspecified atom stereocenters. The van der Waals surface area contributed by atoms with Gasteiger partial charge in [0.05, 0.1) is 25.4 Å². The van der Waals surface area contributed by atoms with Crippen LogP contribution in [0.15, 0.2) is 82.6 Å². The van der Waals surface area contributed by atoms with E-state index >= 15 is 0 Å². The van der Waals surface area contributed by atoms with Gasteiger partial charge < -0.3 is 19.5 Å². The SMILES string of the molecule is COc1cc2cnc(Oc3ccc(NC(=O)c4cn(C(C)C)c(=O)n(-c5ccc(F)cc5)c4=O)cc3)nc2cc1OC. The first-order valence-electron chi connectivity index (χ1n) is 12.8. The van der Waals surface area contributed by atoms with Crippen LogP contribution in [-0.4, -0.2) is 39.2 Å². The lowest BCUT2D eigenvalue weighted by Gasteiger charge is -2.15. The van der Waals surface area contributed by atoms with Crippen LogP contribution >= 0.6 is 0 Å². The molecule has 0 aliphatic carbocycles. The van der Waals surface area contributed by atoms with Gasteiger partial charge in [-0.15, -0.1) is 0 Å². The summed E-state index contributed by atoms with van der Waals surface area (Å²) in [6.07, 6.45) is 2.83. The predicted octanol–water partition coefficient (Wildman–Crippen LogP) is 4.72. The van der Waals surface area contributed by atoms with Gasteiger partial charge in [0, 0.05) is 35.6 Å². The van der Waals surface area contributed by atoms with Gasteiger partial charge in [-0.25, -0.2) is 18.7 Å². The van der Waals surface area contributed by atoms with Crippen LogP contribution in [-0.2, 0) is 0 Å². The third-order valence-electron chi connectivity index (χ3n) is 6.38. The number of methoxy groups -OCH3 is 2. The first-order chi connectivity index (χ1) is 20.2. The second-order valence-electron chi connectivity index (χ2n) is 9.44. The van der Waals surface area contributed by atoms with Crippen LogP contribution in [0.1, 0.15) is 30.2 Å². The summed E-state index contributed by atoms with van der Waals surface area (Å²) in [5.41, 5.74) is -0.624. The summed E-state index contributed by atoms with van der Waals surface area (Å²) in [5.74, 6) is 0.228. The zero-order chi connectivity index (χ0) is 30.0. The number of halogens is 1. The van der Waals surface area contributed by atoms with E-state index in [-0.39, 0.29) is 23.3 Å². The molecule has 5 aromatic rings. The van der Waals surface area contributed by atoms with Crippen molar-refractivity contribution in [2.45, 2.75) is 19.9 Å². The minimum atomic E-state index is -0.830. The van der Waals surface area contributed by atoms with Gasteiger partial charge in [-0.05, 0) is 68.4 Å². The average Bonchev–Trinajstić information content (AvgIpc) is 2.98. The van der Waals surface area contributed by atoms with Gasteiger partial charge in [-0.1, -0.05) is 0 Å². The van der Waals surface area contributed by atoms with Crippen molar-refractivity contribution in [1.82, 2.24) is 19.1 Å². The van der Waals surface area contributed by atoms with Gasteiger partial charge in [0.15, 0.2) is 11.5 Å². The number of carbonyl (C=O) groups excluding carboxylic acids is 1. The molecule has 12 heteroatoms. The molecule has 0 aliphatic rings. The summed E-state index contributed by atoms with van der Waals surface area (Å²) in [5, 5.41) is 3.41. The van der Waals surface area contributed by atoms with E-state index in [1.165, 1.54) is 30.0 Å². The highest BCUT2D eigenvalue weighted by molar-refractivity contribution is 6.03. The Hall–Kier alpha value is -5.52. The van der Waals surface area contributed by atoms with Crippen molar-refractivity contribution in [3.8, 4) is 28.9 Å². The number of hydrogen-bond acceptors (Lipinski definition) is 8. The van der Waals surface area contributed by atoms with Crippen LogP contribution in [0.3, 0.4) is 0 Å². The van der Waals surface area contributed by atoms with E-state index in [0.717, 1.165) is 22.1 Å². The minimum Gasteiger partial charge on any atom is -0.493 e. The normalized spacial score (nSPS) is 11.0. The van der Waals surface area contributed by atoms with E-state index in [9.17, 15) is 18.8 Å². The third kappa shape index (κ3) is 5.55. The second-order valence-corrected chi connectivity index (χ2v) is 9.44. The zero-order valence-corrected chi connectivity index (χ0v) is 23.1. The van der Waals surface area contributed by atoms with E-state index < -0.39 is 23.0 Å². The Bertz CT molecular complexity index is 1900. The first kappa shape index (κ1) is 28.0. The van der Waals surface area contributed by atoms with E-state index in [0.29, 0.717) is 28.5 Å². The minimum absolute atomic E-state index is 0.101. The molecule has 3 aromatic carbocycles. The molecule has 0 saturated heterocycles. The number of aromatic nitrogens is 4. The van der Waals surface area contributed by atoms with Gasteiger partial charge >= 0.3 is 11.7 Å². The average molecular weight is 572 g/mol. The lowest BCUT2D eigenvalue weighted by molar-refractivity contribution is 0.102. The van der Waals surface area contributed by atoms with E-state index in [2.05, 4.69) is 15.3 Å². The van der Waals surface area contributed by atoms with Gasteiger partial charge in [0.25, 0.3) is 11.5 Å². The lowest BCUT2D eigenvalue weighted by Crippen LogP contribution is -2.42. The second kappa shape index (κ2) is 11.5. The van der Waals surface area contributed by atoms with Crippen LogP contribution in [0.4, 0.5) is 10.1 Å². The number of benzene rings is 3. The highest BCUT2D eigenvalue weighted by Gasteiger charge is 2.20. The molecular weight excluding hydrogens is 545 g/mol. The highest BCUT2D eigenvalue weighted by atomic mass is 19.1. The molecule has 11 nitrogen and oxygen atoms in total. The fraction of sp³-hybridized carbons (Fsp3) is 0.167. The van der Waals surface area contributed by atoms with Crippen molar-refractivity contribution in [1.29, 1.82) is 0 Å². The third-order valence-corrected chi connectivity index (χ3v) is 6.38. The molecule has 2 heterocycles. The number of fused-ring (bicyclic) bond motifs is 1. The van der Waals surface area contributed by atoms with Gasteiger partial charge in [0.1, 0.15) is 17.1 Å². The molecular formula is C30H26FN5O6. The Morgan fingerprint density at radius 2 is 1.62 bits per heavy atom. The predicted molar refractivity (Wildman–Crippen MR) is 154 cm³/mol. The molecule has 0 bridgehead atoms. The number of nitrogens with zero attached hydrogens (tertiary/aromatic N) is 4. The van der Waals surface area contributed by atoms with Crippen molar-refractivity contribution >= 4 is 22.5 Å². The topological polar surface area (TPSA) is 127 Å².